The third-order valence-corrected chi connectivity index (χ3v) is 4.84. The Morgan fingerprint density at radius 1 is 1.07 bits per heavy atom. The average molecular weight is 412 g/mol. The van der Waals surface area contributed by atoms with Gasteiger partial charge in [-0.3, -0.25) is 19.3 Å². The number of carbonyl (C=O) groups is 4. The van der Waals surface area contributed by atoms with E-state index >= 15 is 0 Å². The van der Waals surface area contributed by atoms with Crippen molar-refractivity contribution in [2.45, 2.75) is 32.9 Å². The number of fused-ring (bicyclic) bond motifs is 1. The lowest BCUT2D eigenvalue weighted by Crippen LogP contribution is -2.47. The molecule has 0 spiro atoms. The molecule has 8 heteroatoms. The molecule has 1 aliphatic heterocycles. The molecule has 0 aliphatic carbocycles. The molecule has 158 valence electrons. The number of carbonyl (C=O) groups excluding carboxylic acids is 4. The highest BCUT2D eigenvalue weighted by atomic mass is 16.5. The second-order valence-electron chi connectivity index (χ2n) is 7.61. The minimum Gasteiger partial charge on any atom is -0.467 e. The summed E-state index contributed by atoms with van der Waals surface area (Å²) in [4.78, 5) is 53.0. The zero-order valence-electron chi connectivity index (χ0n) is 17.2. The van der Waals surface area contributed by atoms with Crippen LogP contribution in [-0.2, 0) is 20.9 Å². The summed E-state index contributed by atoms with van der Waals surface area (Å²) in [6.45, 7) is 3.49. The van der Waals surface area contributed by atoms with Gasteiger partial charge in [-0.05, 0) is 36.6 Å². The standard InChI is InChI=1S/C22H24N2O6/c1-14(2)11-18(24-20(26)16-8-4-5-9-17(16)21(24)27)22(28)30-13-19(25)23(3)12-15-7-6-10-29-15/h4-10,14,18H,11-13H2,1-3H3/t18-/m1/s1. The topological polar surface area (TPSA) is 97.1 Å². The molecular formula is C22H24N2O6. The van der Waals surface area contributed by atoms with Gasteiger partial charge in [0, 0.05) is 7.05 Å². The molecule has 1 aliphatic rings. The maximum absolute atomic E-state index is 12.8. The summed E-state index contributed by atoms with van der Waals surface area (Å²) in [6, 6.07) is 8.79. The molecule has 3 rings (SSSR count). The molecule has 1 atom stereocenters. The first-order valence-corrected chi connectivity index (χ1v) is 9.69. The Morgan fingerprint density at radius 3 is 2.23 bits per heavy atom. The van der Waals surface area contributed by atoms with Gasteiger partial charge < -0.3 is 14.1 Å². The molecule has 0 N–H and O–H groups in total. The average Bonchev–Trinajstić information content (AvgIpc) is 3.31. The molecule has 0 radical (unpaired) electrons. The van der Waals surface area contributed by atoms with E-state index in [-0.39, 0.29) is 30.0 Å². The number of nitrogens with zero attached hydrogens (tertiary/aromatic N) is 2. The zero-order valence-corrected chi connectivity index (χ0v) is 17.2. The molecule has 0 fully saturated rings. The first kappa shape index (κ1) is 21.3. The van der Waals surface area contributed by atoms with E-state index in [1.54, 1.807) is 43.4 Å². The number of hydrogen-bond donors (Lipinski definition) is 0. The van der Waals surface area contributed by atoms with Crippen LogP contribution >= 0.6 is 0 Å². The molecular weight excluding hydrogens is 388 g/mol. The molecule has 2 aromatic rings. The van der Waals surface area contributed by atoms with Crippen LogP contribution in [0.5, 0.6) is 0 Å². The lowest BCUT2D eigenvalue weighted by atomic mass is 10.0. The molecule has 0 saturated carbocycles. The van der Waals surface area contributed by atoms with Crippen LogP contribution < -0.4 is 0 Å². The molecule has 8 nitrogen and oxygen atoms in total. The van der Waals surface area contributed by atoms with Crippen molar-refractivity contribution in [1.82, 2.24) is 9.80 Å². The molecule has 30 heavy (non-hydrogen) atoms. The van der Waals surface area contributed by atoms with Crippen molar-refractivity contribution in [3.05, 3.63) is 59.5 Å². The first-order chi connectivity index (χ1) is 14.3. The monoisotopic (exact) mass is 412 g/mol. The van der Waals surface area contributed by atoms with Gasteiger partial charge in [0.25, 0.3) is 17.7 Å². The summed E-state index contributed by atoms with van der Waals surface area (Å²) in [5.74, 6) is -1.65. The van der Waals surface area contributed by atoms with E-state index in [0.717, 1.165) is 4.90 Å². The van der Waals surface area contributed by atoms with Crippen molar-refractivity contribution in [1.29, 1.82) is 0 Å². The van der Waals surface area contributed by atoms with Crippen LogP contribution in [0.2, 0.25) is 0 Å². The van der Waals surface area contributed by atoms with Crippen molar-refractivity contribution in [2.75, 3.05) is 13.7 Å². The van der Waals surface area contributed by atoms with Crippen LogP contribution in [0.3, 0.4) is 0 Å². The fraction of sp³-hybridized carbons (Fsp3) is 0.364. The normalized spacial score (nSPS) is 14.1. The van der Waals surface area contributed by atoms with Gasteiger partial charge in [-0.15, -0.1) is 0 Å². The second kappa shape index (κ2) is 8.94. The third kappa shape index (κ3) is 4.42. The minimum absolute atomic E-state index is 0.0178. The molecule has 3 amide bonds. The van der Waals surface area contributed by atoms with Gasteiger partial charge in [0.05, 0.1) is 23.9 Å². The van der Waals surface area contributed by atoms with Gasteiger partial charge in [-0.1, -0.05) is 26.0 Å². The summed E-state index contributed by atoms with van der Waals surface area (Å²) < 4.78 is 10.4. The fourth-order valence-electron chi connectivity index (χ4n) is 3.31. The number of amides is 3. The Kier molecular flexibility index (Phi) is 6.34. The van der Waals surface area contributed by atoms with Gasteiger partial charge in [0.1, 0.15) is 11.8 Å². The number of hydrogen-bond acceptors (Lipinski definition) is 6. The van der Waals surface area contributed by atoms with Gasteiger partial charge in [0.2, 0.25) is 0 Å². The summed E-state index contributed by atoms with van der Waals surface area (Å²) in [5, 5.41) is 0. The molecule has 0 unspecified atom stereocenters. The van der Waals surface area contributed by atoms with Gasteiger partial charge in [0.15, 0.2) is 6.61 Å². The zero-order chi connectivity index (χ0) is 21.8. The summed E-state index contributed by atoms with van der Waals surface area (Å²) >= 11 is 0. The van der Waals surface area contributed by atoms with Crippen molar-refractivity contribution in [3.63, 3.8) is 0 Å². The highest BCUT2D eigenvalue weighted by Gasteiger charge is 2.43. The maximum atomic E-state index is 12.8. The van der Waals surface area contributed by atoms with E-state index in [4.69, 9.17) is 9.15 Å². The number of esters is 1. The van der Waals surface area contributed by atoms with Crippen LogP contribution in [0, 0.1) is 5.92 Å². The second-order valence-corrected chi connectivity index (χ2v) is 7.61. The summed E-state index contributed by atoms with van der Waals surface area (Å²) in [5.41, 5.74) is 0.525. The van der Waals surface area contributed by atoms with E-state index < -0.39 is 36.3 Å². The number of likely N-dealkylation sites (N-methyl/N-ethyl adjacent to an activating group) is 1. The number of rotatable bonds is 8. The minimum atomic E-state index is -1.10. The van der Waals surface area contributed by atoms with Crippen molar-refractivity contribution in [3.8, 4) is 0 Å². The third-order valence-electron chi connectivity index (χ3n) is 4.84. The highest BCUT2D eigenvalue weighted by molar-refractivity contribution is 6.22. The summed E-state index contributed by atoms with van der Waals surface area (Å²) in [6.07, 6.45) is 1.74. The predicted molar refractivity (Wildman–Crippen MR) is 106 cm³/mol. The molecule has 0 saturated heterocycles. The van der Waals surface area contributed by atoms with Gasteiger partial charge >= 0.3 is 5.97 Å². The predicted octanol–water partition coefficient (Wildman–Crippen LogP) is 2.49. The van der Waals surface area contributed by atoms with Crippen LogP contribution in [0.15, 0.2) is 47.1 Å². The van der Waals surface area contributed by atoms with E-state index in [1.165, 1.54) is 11.2 Å². The lowest BCUT2D eigenvalue weighted by molar-refractivity contribution is -0.155. The quantitative estimate of drug-likeness (QED) is 0.488. The number of imide groups is 1. The van der Waals surface area contributed by atoms with Crippen molar-refractivity contribution < 1.29 is 28.3 Å². The van der Waals surface area contributed by atoms with Crippen LogP contribution in [0.25, 0.3) is 0 Å². The lowest BCUT2D eigenvalue weighted by Gasteiger charge is -2.26. The molecule has 1 aromatic heterocycles. The Balaban J connectivity index is 1.68. The largest absolute Gasteiger partial charge is 0.467 e. The number of furan rings is 1. The number of ether oxygens (including phenoxy) is 1. The Hall–Kier alpha value is -3.42. The summed E-state index contributed by atoms with van der Waals surface area (Å²) in [7, 11) is 1.56. The first-order valence-electron chi connectivity index (χ1n) is 9.69. The smallest absolute Gasteiger partial charge is 0.329 e. The van der Waals surface area contributed by atoms with Gasteiger partial charge in [-0.25, -0.2) is 4.79 Å². The maximum Gasteiger partial charge on any atom is 0.329 e. The molecule has 1 aromatic carbocycles. The van der Waals surface area contributed by atoms with E-state index in [9.17, 15) is 19.2 Å². The molecule has 2 heterocycles. The van der Waals surface area contributed by atoms with Crippen molar-refractivity contribution in [2.24, 2.45) is 5.92 Å². The highest BCUT2D eigenvalue weighted by Crippen LogP contribution is 2.27. The number of benzene rings is 1. The SMILES string of the molecule is CC(C)C[C@H](C(=O)OCC(=O)N(C)Cc1ccco1)N1C(=O)c2ccccc2C1=O. The Labute approximate surface area is 174 Å². The van der Waals surface area contributed by atoms with Crippen LogP contribution in [-0.4, -0.2) is 53.2 Å². The van der Waals surface area contributed by atoms with Crippen LogP contribution in [0.4, 0.5) is 0 Å². The van der Waals surface area contributed by atoms with Crippen LogP contribution in [0.1, 0.15) is 46.7 Å². The Bertz CT molecular complexity index is 915. The van der Waals surface area contributed by atoms with E-state index in [2.05, 4.69) is 0 Å². The fourth-order valence-corrected chi connectivity index (χ4v) is 3.31. The van der Waals surface area contributed by atoms with E-state index in [1.807, 2.05) is 13.8 Å². The van der Waals surface area contributed by atoms with Crippen molar-refractivity contribution >= 4 is 23.7 Å². The Morgan fingerprint density at radius 2 is 1.70 bits per heavy atom. The molecule has 0 bridgehead atoms. The van der Waals surface area contributed by atoms with Gasteiger partial charge in [-0.2, -0.15) is 0 Å². The van der Waals surface area contributed by atoms with E-state index in [0.29, 0.717) is 5.76 Å².